The molecule has 1 fully saturated rings. The Morgan fingerprint density at radius 3 is 2.54 bits per heavy atom. The summed E-state index contributed by atoms with van der Waals surface area (Å²) in [6.07, 6.45) is -3.36. The molecule has 2 heterocycles. The Bertz CT molecular complexity index is 1550. The molecule has 0 unspecified atom stereocenters. The molecule has 0 spiro atoms. The van der Waals surface area contributed by atoms with Crippen molar-refractivity contribution in [1.29, 1.82) is 5.26 Å². The van der Waals surface area contributed by atoms with Crippen LogP contribution in [0.15, 0.2) is 60.2 Å². The van der Waals surface area contributed by atoms with Crippen LogP contribution >= 0.6 is 0 Å². The van der Waals surface area contributed by atoms with Gasteiger partial charge in [-0.25, -0.2) is 9.37 Å². The summed E-state index contributed by atoms with van der Waals surface area (Å²) in [7, 11) is 1.55. The van der Waals surface area contributed by atoms with Crippen molar-refractivity contribution < 1.29 is 22.3 Å². The maximum absolute atomic E-state index is 14.2. The van der Waals surface area contributed by atoms with Crippen LogP contribution in [0, 0.1) is 17.1 Å². The van der Waals surface area contributed by atoms with E-state index in [9.17, 15) is 22.8 Å². The third kappa shape index (κ3) is 4.80. The highest BCUT2D eigenvalue weighted by atomic mass is 19.4. The highest BCUT2D eigenvalue weighted by Crippen LogP contribution is 2.38. The number of alkyl halides is 3. The molecule has 2 N–H and O–H groups in total. The second kappa shape index (κ2) is 9.71. The van der Waals surface area contributed by atoms with E-state index in [1.165, 1.54) is 0 Å². The van der Waals surface area contributed by atoms with Crippen molar-refractivity contribution in [2.45, 2.75) is 19.0 Å². The summed E-state index contributed by atoms with van der Waals surface area (Å²) in [5.74, 6) is -0.423. The molecule has 1 aliphatic heterocycles. The first-order valence-electron chi connectivity index (χ1n) is 11.7. The lowest BCUT2D eigenvalue weighted by Gasteiger charge is -2.20. The summed E-state index contributed by atoms with van der Waals surface area (Å²) in [4.78, 5) is 7.49. The molecule has 0 amide bonds. The minimum Gasteiger partial charge on any atom is -0.496 e. The van der Waals surface area contributed by atoms with Crippen molar-refractivity contribution in [3.05, 3.63) is 88.5 Å². The Morgan fingerprint density at radius 1 is 1.05 bits per heavy atom. The van der Waals surface area contributed by atoms with E-state index in [1.54, 1.807) is 25.3 Å². The second-order valence-electron chi connectivity index (χ2n) is 8.77. The van der Waals surface area contributed by atoms with Gasteiger partial charge in [0, 0.05) is 17.2 Å². The zero-order valence-corrected chi connectivity index (χ0v) is 19.8. The SMILES string of the molecule is COc1cc(C(=C2CCNCC2)c2nc3cc(F)c(C(F)(F)F)cc3[nH]2)ccc1-c1cccc(C#N)c1. The van der Waals surface area contributed by atoms with Gasteiger partial charge in [-0.05, 0) is 61.3 Å². The molecule has 5 rings (SSSR count). The van der Waals surface area contributed by atoms with E-state index in [1.807, 2.05) is 24.3 Å². The lowest BCUT2D eigenvalue weighted by Crippen LogP contribution is -2.24. The second-order valence-corrected chi connectivity index (χ2v) is 8.77. The fourth-order valence-corrected chi connectivity index (χ4v) is 4.70. The maximum atomic E-state index is 14.2. The average molecular weight is 507 g/mol. The van der Waals surface area contributed by atoms with E-state index in [0.717, 1.165) is 65.9 Å². The minimum absolute atomic E-state index is 0.104. The van der Waals surface area contributed by atoms with Crippen LogP contribution < -0.4 is 10.1 Å². The van der Waals surface area contributed by atoms with Gasteiger partial charge in [0.15, 0.2) is 0 Å². The van der Waals surface area contributed by atoms with Crippen LogP contribution in [0.4, 0.5) is 17.6 Å². The molecule has 3 aromatic carbocycles. The molecule has 0 atom stereocenters. The number of halogens is 4. The third-order valence-electron chi connectivity index (χ3n) is 6.47. The summed E-state index contributed by atoms with van der Waals surface area (Å²) in [6, 6.07) is 16.5. The smallest absolute Gasteiger partial charge is 0.419 e. The van der Waals surface area contributed by atoms with Crippen molar-refractivity contribution in [3.63, 3.8) is 0 Å². The first-order chi connectivity index (χ1) is 17.8. The number of methoxy groups -OCH3 is 1. The van der Waals surface area contributed by atoms with Crippen LogP contribution in [0.3, 0.4) is 0 Å². The Morgan fingerprint density at radius 2 is 1.84 bits per heavy atom. The predicted molar refractivity (Wildman–Crippen MR) is 132 cm³/mol. The van der Waals surface area contributed by atoms with Crippen LogP contribution in [0.1, 0.15) is 35.4 Å². The highest BCUT2D eigenvalue weighted by Gasteiger charge is 2.35. The van der Waals surface area contributed by atoms with Crippen LogP contribution in [-0.2, 0) is 6.18 Å². The highest BCUT2D eigenvalue weighted by molar-refractivity contribution is 5.87. The molecule has 1 aromatic heterocycles. The Kier molecular flexibility index (Phi) is 6.44. The number of piperidine rings is 1. The van der Waals surface area contributed by atoms with E-state index in [2.05, 4.69) is 21.4 Å². The zero-order valence-electron chi connectivity index (χ0n) is 19.8. The van der Waals surface area contributed by atoms with Gasteiger partial charge in [0.25, 0.3) is 0 Å². The standard InChI is InChI=1S/C28H22F4N4O/c1-37-25-12-19(5-6-20(25)18-4-2-3-16(11-18)15-33)26(17-7-9-34-10-8-17)27-35-23-13-21(28(30,31)32)22(29)14-24(23)36-27/h2-6,11-14,34H,7-10H2,1H3,(H,35,36). The topological polar surface area (TPSA) is 73.7 Å². The predicted octanol–water partition coefficient (Wildman–Crippen LogP) is 6.45. The number of benzene rings is 3. The number of nitrogens with one attached hydrogen (secondary N) is 2. The molecule has 4 aromatic rings. The molecule has 9 heteroatoms. The van der Waals surface area contributed by atoms with Gasteiger partial charge in [0.2, 0.25) is 0 Å². The number of H-pyrrole nitrogens is 1. The quantitative estimate of drug-likeness (QED) is 0.312. The normalized spacial score (nSPS) is 14.0. The molecule has 5 nitrogen and oxygen atoms in total. The van der Waals surface area contributed by atoms with Gasteiger partial charge in [-0.1, -0.05) is 29.8 Å². The van der Waals surface area contributed by atoms with E-state index in [0.29, 0.717) is 17.1 Å². The van der Waals surface area contributed by atoms with Crippen LogP contribution in [-0.4, -0.2) is 30.2 Å². The lowest BCUT2D eigenvalue weighted by molar-refractivity contribution is -0.139. The van der Waals surface area contributed by atoms with E-state index < -0.39 is 17.6 Å². The van der Waals surface area contributed by atoms with Gasteiger partial charge in [-0.15, -0.1) is 0 Å². The van der Waals surface area contributed by atoms with Gasteiger partial charge in [-0.3, -0.25) is 0 Å². The van der Waals surface area contributed by atoms with Crippen LogP contribution in [0.2, 0.25) is 0 Å². The number of nitrogens with zero attached hydrogens (tertiary/aromatic N) is 2. The number of nitriles is 1. The Balaban J connectivity index is 1.66. The van der Waals surface area contributed by atoms with Crippen molar-refractivity contribution in [3.8, 4) is 22.9 Å². The number of fused-ring (bicyclic) bond motifs is 1. The van der Waals surface area contributed by atoms with Crippen LogP contribution in [0.25, 0.3) is 27.7 Å². The van der Waals surface area contributed by atoms with Crippen LogP contribution in [0.5, 0.6) is 5.75 Å². The molecule has 188 valence electrons. The number of hydrogen-bond donors (Lipinski definition) is 2. The molecule has 1 aliphatic rings. The first kappa shape index (κ1) is 24.5. The number of imidazole rings is 1. The number of ether oxygens (including phenoxy) is 1. The molecule has 0 bridgehead atoms. The monoisotopic (exact) mass is 506 g/mol. The van der Waals surface area contributed by atoms with Crippen molar-refractivity contribution in [1.82, 2.24) is 15.3 Å². The maximum Gasteiger partial charge on any atom is 0.419 e. The molecular formula is C28H22F4N4O. The van der Waals surface area contributed by atoms with Crippen molar-refractivity contribution in [2.24, 2.45) is 0 Å². The van der Waals surface area contributed by atoms with Gasteiger partial charge in [0.1, 0.15) is 17.4 Å². The third-order valence-corrected chi connectivity index (χ3v) is 6.47. The molecule has 37 heavy (non-hydrogen) atoms. The van der Waals surface area contributed by atoms with Gasteiger partial charge < -0.3 is 15.0 Å². The minimum atomic E-state index is -4.81. The number of aromatic nitrogens is 2. The average Bonchev–Trinajstić information content (AvgIpc) is 3.30. The number of hydrogen-bond acceptors (Lipinski definition) is 4. The molecular weight excluding hydrogens is 484 g/mol. The summed E-state index contributed by atoms with van der Waals surface area (Å²) in [5.41, 5.74) is 3.61. The first-order valence-corrected chi connectivity index (χ1v) is 11.7. The van der Waals surface area contributed by atoms with Gasteiger partial charge >= 0.3 is 6.18 Å². The summed E-state index contributed by atoms with van der Waals surface area (Å²) in [6.45, 7) is 1.50. The van der Waals surface area contributed by atoms with E-state index in [-0.39, 0.29) is 11.0 Å². The molecule has 0 radical (unpaired) electrons. The van der Waals surface area contributed by atoms with E-state index >= 15 is 0 Å². The van der Waals surface area contributed by atoms with Crippen molar-refractivity contribution in [2.75, 3.05) is 20.2 Å². The summed E-state index contributed by atoms with van der Waals surface area (Å²) in [5, 5.41) is 12.6. The summed E-state index contributed by atoms with van der Waals surface area (Å²) < 4.78 is 59.8. The molecule has 0 aliphatic carbocycles. The number of aromatic amines is 1. The fourth-order valence-electron chi connectivity index (χ4n) is 4.70. The van der Waals surface area contributed by atoms with Gasteiger partial charge in [-0.2, -0.15) is 18.4 Å². The van der Waals surface area contributed by atoms with E-state index in [4.69, 9.17) is 4.74 Å². The van der Waals surface area contributed by atoms with Crippen molar-refractivity contribution >= 4 is 16.6 Å². The largest absolute Gasteiger partial charge is 0.496 e. The molecule has 1 saturated heterocycles. The lowest BCUT2D eigenvalue weighted by atomic mass is 9.91. The Labute approximate surface area is 210 Å². The number of rotatable bonds is 4. The zero-order chi connectivity index (χ0) is 26.2. The fraction of sp³-hybridized carbons (Fsp3) is 0.214. The molecule has 0 saturated carbocycles. The Hall–Kier alpha value is -4.16. The van der Waals surface area contributed by atoms with Gasteiger partial charge in [0.05, 0.1) is 35.3 Å². The summed E-state index contributed by atoms with van der Waals surface area (Å²) >= 11 is 0.